The molecule has 0 bridgehead atoms. The van der Waals surface area contributed by atoms with Crippen LogP contribution in [0.4, 0.5) is 0 Å². The number of fused-ring (bicyclic) bond motifs is 3. The molecule has 1 aliphatic heterocycles. The molecule has 11 rings (SSSR count). The molecule has 10 aliphatic rings. The summed E-state index contributed by atoms with van der Waals surface area (Å²) < 4.78 is 2.56. The minimum atomic E-state index is 0.234. The number of allylic oxidation sites excluding steroid dienone is 26. The molecule has 0 aromatic carbocycles. The van der Waals surface area contributed by atoms with E-state index < -0.39 is 0 Å². The summed E-state index contributed by atoms with van der Waals surface area (Å²) in [5, 5.41) is 11.3. The van der Waals surface area contributed by atoms with Gasteiger partial charge in [-0.15, -0.1) is 0 Å². The van der Waals surface area contributed by atoms with Crippen LogP contribution in [0.1, 0.15) is 146 Å². The molecule has 356 valence electrons. The Hall–Kier alpha value is -5.54. The van der Waals surface area contributed by atoms with Crippen molar-refractivity contribution in [2.45, 2.75) is 153 Å². The van der Waals surface area contributed by atoms with Crippen LogP contribution < -0.4 is 21.2 Å². The lowest BCUT2D eigenvalue weighted by molar-refractivity contribution is 0.330. The number of rotatable bonds is 14. The van der Waals surface area contributed by atoms with E-state index in [1.165, 1.54) is 144 Å². The third-order valence-electron chi connectivity index (χ3n) is 17.1. The van der Waals surface area contributed by atoms with Gasteiger partial charge in [0.1, 0.15) is 0 Å². The SMILES string of the molecule is C=C/C(=C(\CCCC1C=c2c3c(n(C4=CCCC=C4)c2=CC1)C=CCC3)NC1CCC(C2=C[C@H](C3=CC=C(C4=CC=CCC4)CC3)NC(C3=CC[C@H](C4=CCCC=C4)C=C3)=C2)CC1)[C@@H]1C=CCCC1. The van der Waals surface area contributed by atoms with Crippen LogP contribution in [-0.4, -0.2) is 16.7 Å². The quantitative estimate of drug-likeness (QED) is 0.144. The maximum absolute atomic E-state index is 4.47. The average Bonchev–Trinajstić information content (AvgIpc) is 3.76. The van der Waals surface area contributed by atoms with Crippen LogP contribution in [0, 0.1) is 23.7 Å². The van der Waals surface area contributed by atoms with Gasteiger partial charge in [-0.1, -0.05) is 128 Å². The maximum atomic E-state index is 4.47. The van der Waals surface area contributed by atoms with E-state index in [2.05, 4.69) is 162 Å². The molecule has 1 saturated carbocycles. The van der Waals surface area contributed by atoms with Crippen molar-refractivity contribution in [3.05, 3.63) is 200 Å². The van der Waals surface area contributed by atoms with Gasteiger partial charge < -0.3 is 15.2 Å². The summed E-state index contributed by atoms with van der Waals surface area (Å²) in [6.45, 7) is 4.47. The van der Waals surface area contributed by atoms with Gasteiger partial charge in [-0.05, 0) is 221 Å². The highest BCUT2D eigenvalue weighted by molar-refractivity contribution is 5.69. The first-order valence-electron chi connectivity index (χ1n) is 27.6. The van der Waals surface area contributed by atoms with Gasteiger partial charge in [-0.3, -0.25) is 0 Å². The molecule has 0 radical (unpaired) electrons. The van der Waals surface area contributed by atoms with Crippen LogP contribution in [0.5, 0.6) is 0 Å². The standard InChI is InChI=1S/C66H77N3/c1-2-59(53-23-11-5-12-24-53)62(28-17-18-47-30-43-66-61(44-47)60-27-15-16-29-65(60)69(66)58-25-13-6-14-26-58)67-57-41-39-52(40-42-57)56-45-63(54-35-31-50(32-36-54)48-19-7-3-8-20-48)68-64(46-56)55-37-33-51(34-38-55)49-21-9-4-10-22-49/h2-3,7,9,11,13,16,19,21-23,25-26,29,31,33,35,37-38,43-47,51-53,57,63,67-68H,1,4-6,8,10,12,14-15,17-18,20,24,27-28,30,32,34,36,39-42H2/b62-59-/t47?,51-,52?,53-,57?,63-/m1/s1. The molecule has 2 heterocycles. The third-order valence-corrected chi connectivity index (χ3v) is 17.1. The predicted molar refractivity (Wildman–Crippen MR) is 294 cm³/mol. The van der Waals surface area contributed by atoms with Crippen molar-refractivity contribution < 1.29 is 0 Å². The highest BCUT2D eigenvalue weighted by Gasteiger charge is 2.30. The number of dihydropyridines is 1. The van der Waals surface area contributed by atoms with Crippen molar-refractivity contribution in [2.24, 2.45) is 23.7 Å². The lowest BCUT2D eigenvalue weighted by Gasteiger charge is -2.36. The Morgan fingerprint density at radius 3 is 2.35 bits per heavy atom. The van der Waals surface area contributed by atoms with Crippen LogP contribution in [0.3, 0.4) is 0 Å². The van der Waals surface area contributed by atoms with Crippen molar-refractivity contribution in [1.29, 1.82) is 0 Å². The van der Waals surface area contributed by atoms with Gasteiger partial charge >= 0.3 is 0 Å². The summed E-state index contributed by atoms with van der Waals surface area (Å²) in [6, 6.07) is 0.731. The van der Waals surface area contributed by atoms with Crippen LogP contribution in [0.15, 0.2) is 179 Å². The summed E-state index contributed by atoms with van der Waals surface area (Å²) in [6.07, 6.45) is 81.6. The monoisotopic (exact) mass is 912 g/mol. The lowest BCUT2D eigenvalue weighted by Crippen LogP contribution is -2.36. The number of hydrogen-bond donors (Lipinski definition) is 2. The predicted octanol–water partition coefficient (Wildman–Crippen LogP) is 14.8. The minimum Gasteiger partial charge on any atom is -0.385 e. The Labute approximate surface area is 414 Å². The summed E-state index contributed by atoms with van der Waals surface area (Å²) in [5.74, 6) is 2.12. The molecule has 1 aromatic rings. The van der Waals surface area contributed by atoms with Crippen molar-refractivity contribution in [3.8, 4) is 0 Å². The summed E-state index contributed by atoms with van der Waals surface area (Å²) >= 11 is 0. The molecule has 0 amide bonds. The maximum Gasteiger partial charge on any atom is 0.0667 e. The molecule has 69 heavy (non-hydrogen) atoms. The zero-order valence-corrected chi connectivity index (χ0v) is 41.5. The Balaban J connectivity index is 0.793. The normalized spacial score (nSPS) is 28.6. The molecule has 9 aliphatic carbocycles. The van der Waals surface area contributed by atoms with E-state index in [1.807, 2.05) is 0 Å². The lowest BCUT2D eigenvalue weighted by atomic mass is 9.77. The molecule has 2 N–H and O–H groups in total. The third kappa shape index (κ3) is 10.4. The highest BCUT2D eigenvalue weighted by atomic mass is 15.0. The number of hydrogen-bond acceptors (Lipinski definition) is 2. The Kier molecular flexibility index (Phi) is 14.4. The van der Waals surface area contributed by atoms with Crippen molar-refractivity contribution >= 4 is 23.9 Å². The molecule has 0 spiro atoms. The molecule has 0 saturated heterocycles. The Morgan fingerprint density at radius 2 is 1.59 bits per heavy atom. The van der Waals surface area contributed by atoms with Crippen molar-refractivity contribution in [3.63, 3.8) is 0 Å². The van der Waals surface area contributed by atoms with Crippen LogP contribution in [-0.2, 0) is 6.42 Å². The minimum absolute atomic E-state index is 0.234. The molecular formula is C66H77N3. The summed E-state index contributed by atoms with van der Waals surface area (Å²) in [7, 11) is 0. The molecule has 1 aromatic heterocycles. The zero-order chi connectivity index (χ0) is 46.4. The second kappa shape index (κ2) is 21.6. The van der Waals surface area contributed by atoms with Gasteiger partial charge in [0.15, 0.2) is 0 Å². The molecule has 3 heteroatoms. The number of nitrogens with zero attached hydrogens (tertiary/aromatic N) is 1. The van der Waals surface area contributed by atoms with E-state index in [1.54, 1.807) is 11.1 Å². The van der Waals surface area contributed by atoms with Crippen LogP contribution >= 0.6 is 0 Å². The van der Waals surface area contributed by atoms with Crippen molar-refractivity contribution in [1.82, 2.24) is 15.2 Å². The Bertz CT molecular complexity index is 2770. The smallest absolute Gasteiger partial charge is 0.0667 e. The Morgan fingerprint density at radius 1 is 0.725 bits per heavy atom. The van der Waals surface area contributed by atoms with Crippen LogP contribution in [0.2, 0.25) is 0 Å². The van der Waals surface area contributed by atoms with Gasteiger partial charge in [-0.25, -0.2) is 0 Å². The van der Waals surface area contributed by atoms with Gasteiger partial charge in [0.2, 0.25) is 0 Å². The van der Waals surface area contributed by atoms with Crippen molar-refractivity contribution in [2.75, 3.05) is 0 Å². The second-order valence-corrected chi connectivity index (χ2v) is 21.6. The molecule has 1 unspecified atom stereocenters. The van der Waals surface area contributed by atoms with Crippen LogP contribution in [0.25, 0.3) is 23.9 Å². The molecule has 3 nitrogen and oxygen atoms in total. The van der Waals surface area contributed by atoms with E-state index in [9.17, 15) is 0 Å². The number of nitrogens with one attached hydrogen (secondary N) is 2. The summed E-state index contributed by atoms with van der Waals surface area (Å²) in [4.78, 5) is 0. The molecule has 4 atom stereocenters. The summed E-state index contributed by atoms with van der Waals surface area (Å²) in [5.41, 5.74) is 17.6. The second-order valence-electron chi connectivity index (χ2n) is 21.6. The van der Waals surface area contributed by atoms with Gasteiger partial charge in [0.05, 0.1) is 6.04 Å². The zero-order valence-electron chi connectivity index (χ0n) is 41.5. The fourth-order valence-electron chi connectivity index (χ4n) is 13.3. The van der Waals surface area contributed by atoms with E-state index in [0.29, 0.717) is 29.7 Å². The highest BCUT2D eigenvalue weighted by Crippen LogP contribution is 2.39. The first kappa shape index (κ1) is 45.9. The molecular weight excluding hydrogens is 835 g/mol. The first-order valence-corrected chi connectivity index (χ1v) is 27.6. The fraction of sp³-hybridized carbons (Fsp3) is 0.424. The topological polar surface area (TPSA) is 29.0 Å². The van der Waals surface area contributed by atoms with E-state index in [0.717, 1.165) is 64.2 Å². The average molecular weight is 912 g/mol. The van der Waals surface area contributed by atoms with Gasteiger partial charge in [0, 0.05) is 46.0 Å². The van der Waals surface area contributed by atoms with E-state index >= 15 is 0 Å². The molecule has 1 fully saturated rings. The van der Waals surface area contributed by atoms with Gasteiger partial charge in [-0.2, -0.15) is 0 Å². The largest absolute Gasteiger partial charge is 0.385 e. The van der Waals surface area contributed by atoms with E-state index in [4.69, 9.17) is 0 Å². The fourth-order valence-corrected chi connectivity index (χ4v) is 13.3. The van der Waals surface area contributed by atoms with Gasteiger partial charge in [0.25, 0.3) is 0 Å². The van der Waals surface area contributed by atoms with E-state index in [-0.39, 0.29) is 6.04 Å². The first-order chi connectivity index (χ1) is 34.1. The number of aromatic nitrogens is 1.